The molecule has 0 bridgehead atoms. The number of anilines is 1. The Morgan fingerprint density at radius 1 is 1.13 bits per heavy atom. The lowest BCUT2D eigenvalue weighted by Crippen LogP contribution is -2.05. The highest BCUT2D eigenvalue weighted by atomic mass is 35.5. The number of nitrogens with zero attached hydrogens (tertiary/aromatic N) is 1. The third-order valence-electron chi connectivity index (χ3n) is 3.86. The maximum Gasteiger partial charge on any atom is 0.417 e. The average molecular weight is 469 g/mol. The number of alkyl halides is 3. The van der Waals surface area contributed by atoms with Crippen LogP contribution in [0, 0.1) is 0 Å². The van der Waals surface area contributed by atoms with Crippen molar-refractivity contribution in [1.29, 1.82) is 0 Å². The minimum atomic E-state index is -4.53. The molecule has 2 aromatic carbocycles. The monoisotopic (exact) mass is 468 g/mol. The van der Waals surface area contributed by atoms with Gasteiger partial charge in [-0.05, 0) is 73.5 Å². The van der Waals surface area contributed by atoms with Crippen LogP contribution >= 0.6 is 23.5 Å². The van der Waals surface area contributed by atoms with Crippen LogP contribution < -0.4 is 9.46 Å². The molecule has 1 heterocycles. The third-order valence-corrected chi connectivity index (χ3v) is 4.97. The molecule has 0 aliphatic heterocycles. The molecule has 3 aromatic rings. The molecule has 0 saturated heterocycles. The normalized spacial score (nSPS) is 11.1. The van der Waals surface area contributed by atoms with Gasteiger partial charge in [0.2, 0.25) is 5.88 Å². The molecule has 5 nitrogen and oxygen atoms in total. The summed E-state index contributed by atoms with van der Waals surface area (Å²) in [6, 6.07) is 14.4. The van der Waals surface area contributed by atoms with Crippen LogP contribution in [0.3, 0.4) is 0 Å². The second-order valence-electron chi connectivity index (χ2n) is 6.08. The zero-order valence-electron chi connectivity index (χ0n) is 16.1. The fourth-order valence-corrected chi connectivity index (χ4v) is 3.20. The third kappa shape index (κ3) is 6.28. The van der Waals surface area contributed by atoms with Gasteiger partial charge in [0.1, 0.15) is 10.8 Å². The Morgan fingerprint density at radius 3 is 2.39 bits per heavy atom. The van der Waals surface area contributed by atoms with Gasteiger partial charge in [0.25, 0.3) is 0 Å². The first-order chi connectivity index (χ1) is 14.8. The topological polar surface area (TPSA) is 60.5 Å². The van der Waals surface area contributed by atoms with Crippen LogP contribution in [0.4, 0.5) is 18.9 Å². The van der Waals surface area contributed by atoms with Gasteiger partial charge < -0.3 is 14.2 Å². The summed E-state index contributed by atoms with van der Waals surface area (Å²) < 4.78 is 51.6. The highest BCUT2D eigenvalue weighted by Crippen LogP contribution is 2.35. The molecule has 1 aromatic heterocycles. The van der Waals surface area contributed by atoms with Crippen LogP contribution in [0.2, 0.25) is 5.02 Å². The van der Waals surface area contributed by atoms with E-state index in [9.17, 15) is 18.0 Å². The van der Waals surface area contributed by atoms with E-state index in [1.807, 2.05) is 0 Å². The number of esters is 1. The molecule has 0 aliphatic carbocycles. The molecule has 31 heavy (non-hydrogen) atoms. The van der Waals surface area contributed by atoms with Crippen molar-refractivity contribution in [2.24, 2.45) is 0 Å². The molecule has 0 atom stereocenters. The first kappa shape index (κ1) is 22.8. The molecule has 0 radical (unpaired) electrons. The average Bonchev–Trinajstić information content (AvgIpc) is 2.74. The molecule has 0 unspecified atom stereocenters. The first-order valence-electron chi connectivity index (χ1n) is 8.97. The molecule has 10 heteroatoms. The second kappa shape index (κ2) is 9.93. The fourth-order valence-electron chi connectivity index (χ4n) is 2.35. The van der Waals surface area contributed by atoms with E-state index in [1.54, 1.807) is 55.5 Å². The van der Waals surface area contributed by atoms with Crippen LogP contribution in [0.25, 0.3) is 0 Å². The zero-order valence-corrected chi connectivity index (χ0v) is 17.6. The van der Waals surface area contributed by atoms with Gasteiger partial charge in [-0.3, -0.25) is 0 Å². The maximum atomic E-state index is 12.7. The molecule has 3 rings (SSSR count). The van der Waals surface area contributed by atoms with Crippen LogP contribution in [0.15, 0.2) is 65.7 Å². The summed E-state index contributed by atoms with van der Waals surface area (Å²) in [5, 5.41) is -0.235. The van der Waals surface area contributed by atoms with Gasteiger partial charge in [-0.2, -0.15) is 13.2 Å². The number of hydrogen-bond donors (Lipinski definition) is 1. The minimum absolute atomic E-state index is 0.116. The number of benzene rings is 2. The van der Waals surface area contributed by atoms with Gasteiger partial charge in [0.15, 0.2) is 0 Å². The minimum Gasteiger partial charge on any atom is -0.462 e. The van der Waals surface area contributed by atoms with Gasteiger partial charge in [0, 0.05) is 16.8 Å². The van der Waals surface area contributed by atoms with Crippen LogP contribution in [0.5, 0.6) is 11.6 Å². The molecule has 1 N–H and O–H groups in total. The number of hydrogen-bond acceptors (Lipinski definition) is 6. The lowest BCUT2D eigenvalue weighted by molar-refractivity contribution is -0.137. The van der Waals surface area contributed by atoms with E-state index in [2.05, 4.69) is 9.71 Å². The summed E-state index contributed by atoms with van der Waals surface area (Å²) in [7, 11) is 0. The van der Waals surface area contributed by atoms with Crippen molar-refractivity contribution in [2.75, 3.05) is 11.3 Å². The number of aromatic nitrogens is 1. The standard InChI is InChI=1S/C21H16ClF3N2O3S/c1-2-29-20(28)13-3-5-15(6-4-13)27-31-17-9-7-16(8-10-17)30-19-18(22)11-14(12-26-19)21(23,24)25/h3-12,27H,2H2,1H3. The van der Waals surface area contributed by atoms with Gasteiger partial charge in [0.05, 0.1) is 17.7 Å². The highest BCUT2D eigenvalue weighted by Gasteiger charge is 2.31. The van der Waals surface area contributed by atoms with Crippen LogP contribution in [-0.2, 0) is 10.9 Å². The van der Waals surface area contributed by atoms with Crippen molar-refractivity contribution in [1.82, 2.24) is 4.98 Å². The molecule has 0 spiro atoms. The van der Waals surface area contributed by atoms with E-state index in [-0.39, 0.29) is 16.9 Å². The van der Waals surface area contributed by atoms with Crippen LogP contribution in [0.1, 0.15) is 22.8 Å². The number of pyridine rings is 1. The van der Waals surface area contributed by atoms with E-state index in [0.717, 1.165) is 16.6 Å². The summed E-state index contributed by atoms with van der Waals surface area (Å²) in [4.78, 5) is 16.2. The molecule has 0 amide bonds. The highest BCUT2D eigenvalue weighted by molar-refractivity contribution is 8.00. The summed E-state index contributed by atoms with van der Waals surface area (Å²) in [6.07, 6.45) is -3.86. The second-order valence-corrected chi connectivity index (χ2v) is 7.37. The Morgan fingerprint density at radius 2 is 1.81 bits per heavy atom. The molecule has 0 aliphatic rings. The number of carbonyl (C=O) groups excluding carboxylic acids is 1. The Labute approximate surface area is 185 Å². The van der Waals surface area contributed by atoms with Gasteiger partial charge >= 0.3 is 12.1 Å². The summed E-state index contributed by atoms with van der Waals surface area (Å²) in [6.45, 7) is 2.06. The number of ether oxygens (including phenoxy) is 2. The summed E-state index contributed by atoms with van der Waals surface area (Å²) in [5.74, 6) is -0.118. The van der Waals surface area contributed by atoms with Gasteiger partial charge in [-0.15, -0.1) is 0 Å². The lowest BCUT2D eigenvalue weighted by atomic mass is 10.2. The Kier molecular flexibility index (Phi) is 7.29. The number of nitrogens with one attached hydrogen (secondary N) is 1. The quantitative estimate of drug-likeness (QED) is 0.302. The smallest absolute Gasteiger partial charge is 0.417 e. The SMILES string of the molecule is CCOC(=O)c1ccc(NSc2ccc(Oc3ncc(C(F)(F)F)cc3Cl)cc2)cc1. The first-order valence-corrected chi connectivity index (χ1v) is 10.2. The van der Waals surface area contributed by atoms with Crippen molar-refractivity contribution in [3.63, 3.8) is 0 Å². The largest absolute Gasteiger partial charge is 0.462 e. The van der Waals surface area contributed by atoms with E-state index in [4.69, 9.17) is 21.1 Å². The van der Waals surface area contributed by atoms with Crippen LogP contribution in [-0.4, -0.2) is 17.6 Å². The van der Waals surface area contributed by atoms with E-state index in [1.165, 1.54) is 11.9 Å². The van der Waals surface area contributed by atoms with Crippen molar-refractivity contribution < 1.29 is 27.4 Å². The molecule has 0 fully saturated rings. The van der Waals surface area contributed by atoms with Crippen molar-refractivity contribution in [3.8, 4) is 11.6 Å². The van der Waals surface area contributed by atoms with Crippen molar-refractivity contribution >= 4 is 35.2 Å². The van der Waals surface area contributed by atoms with E-state index >= 15 is 0 Å². The number of carbonyl (C=O) groups is 1. The Balaban J connectivity index is 1.58. The Bertz CT molecular complexity index is 1050. The van der Waals surface area contributed by atoms with E-state index in [0.29, 0.717) is 24.1 Å². The summed E-state index contributed by atoms with van der Waals surface area (Å²) in [5.41, 5.74) is 0.312. The number of halogens is 4. The zero-order chi connectivity index (χ0) is 22.4. The Hall–Kier alpha value is -2.91. The van der Waals surface area contributed by atoms with Crippen molar-refractivity contribution in [2.45, 2.75) is 18.0 Å². The van der Waals surface area contributed by atoms with Crippen molar-refractivity contribution in [3.05, 3.63) is 76.9 Å². The maximum absolute atomic E-state index is 12.7. The van der Waals surface area contributed by atoms with Gasteiger partial charge in [-0.1, -0.05) is 11.6 Å². The molecule has 0 saturated carbocycles. The molecular weight excluding hydrogens is 453 g/mol. The van der Waals surface area contributed by atoms with Gasteiger partial charge in [-0.25, -0.2) is 9.78 Å². The fraction of sp³-hybridized carbons (Fsp3) is 0.143. The summed E-state index contributed by atoms with van der Waals surface area (Å²) >= 11 is 7.18. The predicted molar refractivity (Wildman–Crippen MR) is 113 cm³/mol. The molecular formula is C21H16ClF3N2O3S. The lowest BCUT2D eigenvalue weighted by Gasteiger charge is -2.10. The predicted octanol–water partition coefficient (Wildman–Crippen LogP) is 6.84. The number of rotatable bonds is 7. The molecule has 162 valence electrons. The van der Waals surface area contributed by atoms with E-state index < -0.39 is 11.7 Å².